The van der Waals surface area contributed by atoms with Crippen LogP contribution in [-0.2, 0) is 6.61 Å². The van der Waals surface area contributed by atoms with Gasteiger partial charge in [-0.25, -0.2) is 0 Å². The minimum atomic E-state index is -0.259. The van der Waals surface area contributed by atoms with Crippen LogP contribution in [0.3, 0.4) is 0 Å². The Morgan fingerprint density at radius 1 is 1.10 bits per heavy atom. The molecule has 0 unspecified atom stereocenters. The minimum absolute atomic E-state index is 0.154. The molecule has 6 nitrogen and oxygen atoms in total. The van der Waals surface area contributed by atoms with Gasteiger partial charge < -0.3 is 19.7 Å². The molecule has 0 atom stereocenters. The standard InChI is InChI=1S/C25H27N3O3/c1-28-14-11-21(12-15-28)31-22-9-10-24(30-18-19-6-3-2-4-7-19)23(16-22)25(29)27-20-8-5-13-26-17-20/h2-10,13,16-17,21H,11-12,14-15,18H2,1H3,(H,27,29). The lowest BCUT2D eigenvalue weighted by molar-refractivity contribution is 0.101. The molecular weight excluding hydrogens is 390 g/mol. The van der Waals surface area contributed by atoms with Gasteiger partial charge in [-0.15, -0.1) is 0 Å². The Balaban J connectivity index is 1.53. The Morgan fingerprint density at radius 3 is 2.65 bits per heavy atom. The average Bonchev–Trinajstić information content (AvgIpc) is 2.81. The molecule has 1 saturated heterocycles. The summed E-state index contributed by atoms with van der Waals surface area (Å²) >= 11 is 0. The van der Waals surface area contributed by atoms with Gasteiger partial charge in [0.25, 0.3) is 5.91 Å². The topological polar surface area (TPSA) is 63.7 Å². The molecule has 1 aliphatic rings. The van der Waals surface area contributed by atoms with Gasteiger partial charge in [0, 0.05) is 19.3 Å². The van der Waals surface area contributed by atoms with Crippen molar-refractivity contribution >= 4 is 11.6 Å². The minimum Gasteiger partial charge on any atom is -0.490 e. The highest BCUT2D eigenvalue weighted by Crippen LogP contribution is 2.28. The van der Waals surface area contributed by atoms with E-state index in [1.54, 1.807) is 30.6 Å². The number of ether oxygens (including phenoxy) is 2. The van der Waals surface area contributed by atoms with Crippen LogP contribution >= 0.6 is 0 Å². The van der Waals surface area contributed by atoms with E-state index in [2.05, 4.69) is 22.2 Å². The third-order valence-electron chi connectivity index (χ3n) is 5.32. The summed E-state index contributed by atoms with van der Waals surface area (Å²) in [6.07, 6.45) is 5.38. The molecule has 160 valence electrons. The van der Waals surface area contributed by atoms with Gasteiger partial charge in [-0.2, -0.15) is 0 Å². The highest BCUT2D eigenvalue weighted by atomic mass is 16.5. The number of likely N-dealkylation sites (tertiary alicyclic amines) is 1. The number of aromatic nitrogens is 1. The van der Waals surface area contributed by atoms with Crippen molar-refractivity contribution in [3.05, 3.63) is 84.2 Å². The van der Waals surface area contributed by atoms with Crippen LogP contribution in [0.1, 0.15) is 28.8 Å². The van der Waals surface area contributed by atoms with Crippen LogP contribution in [0.25, 0.3) is 0 Å². The maximum atomic E-state index is 13.1. The van der Waals surface area contributed by atoms with Crippen molar-refractivity contribution in [3.63, 3.8) is 0 Å². The van der Waals surface area contributed by atoms with E-state index in [4.69, 9.17) is 9.47 Å². The molecule has 0 radical (unpaired) electrons. The van der Waals surface area contributed by atoms with Gasteiger partial charge in [0.05, 0.1) is 17.4 Å². The van der Waals surface area contributed by atoms with E-state index in [1.165, 1.54) is 0 Å². The molecule has 0 saturated carbocycles. The fourth-order valence-electron chi connectivity index (χ4n) is 3.55. The van der Waals surface area contributed by atoms with Crippen molar-refractivity contribution in [1.29, 1.82) is 0 Å². The number of benzene rings is 2. The molecule has 0 spiro atoms. The zero-order valence-corrected chi connectivity index (χ0v) is 17.7. The molecule has 0 aliphatic carbocycles. The first kappa shape index (κ1) is 20.9. The Hall–Kier alpha value is -3.38. The number of nitrogens with one attached hydrogen (secondary N) is 1. The number of amides is 1. The van der Waals surface area contributed by atoms with Gasteiger partial charge in [0.2, 0.25) is 0 Å². The predicted octanol–water partition coefficient (Wildman–Crippen LogP) is 4.39. The number of rotatable bonds is 7. The van der Waals surface area contributed by atoms with Crippen LogP contribution in [0.4, 0.5) is 5.69 Å². The number of piperidine rings is 1. The number of hydrogen-bond donors (Lipinski definition) is 1. The van der Waals surface area contributed by atoms with E-state index >= 15 is 0 Å². The molecule has 31 heavy (non-hydrogen) atoms. The van der Waals surface area contributed by atoms with E-state index in [1.807, 2.05) is 42.5 Å². The first-order chi connectivity index (χ1) is 15.2. The second kappa shape index (κ2) is 10.1. The zero-order valence-electron chi connectivity index (χ0n) is 17.7. The molecular formula is C25H27N3O3. The second-order valence-corrected chi connectivity index (χ2v) is 7.75. The molecule has 1 amide bonds. The number of carbonyl (C=O) groups excluding carboxylic acids is 1. The summed E-state index contributed by atoms with van der Waals surface area (Å²) < 4.78 is 12.2. The van der Waals surface area contributed by atoms with Crippen LogP contribution in [0, 0.1) is 0 Å². The molecule has 2 heterocycles. The number of nitrogens with zero attached hydrogens (tertiary/aromatic N) is 2. The molecule has 1 aromatic heterocycles. The van der Waals surface area contributed by atoms with E-state index in [-0.39, 0.29) is 12.0 Å². The first-order valence-electron chi connectivity index (χ1n) is 10.5. The Kier molecular flexibility index (Phi) is 6.79. The predicted molar refractivity (Wildman–Crippen MR) is 121 cm³/mol. The summed E-state index contributed by atoms with van der Waals surface area (Å²) in [6.45, 7) is 2.40. The summed E-state index contributed by atoms with van der Waals surface area (Å²) in [5.74, 6) is 0.934. The van der Waals surface area contributed by atoms with Gasteiger partial charge in [-0.1, -0.05) is 30.3 Å². The highest BCUT2D eigenvalue weighted by molar-refractivity contribution is 6.06. The SMILES string of the molecule is CN1CCC(Oc2ccc(OCc3ccccc3)c(C(=O)Nc3cccnc3)c2)CC1. The van der Waals surface area contributed by atoms with E-state index < -0.39 is 0 Å². The number of carbonyl (C=O) groups is 1. The molecule has 2 aromatic carbocycles. The molecule has 4 rings (SSSR count). The second-order valence-electron chi connectivity index (χ2n) is 7.75. The van der Waals surface area contributed by atoms with E-state index in [9.17, 15) is 4.79 Å². The molecule has 0 bridgehead atoms. The van der Waals surface area contributed by atoms with Crippen LogP contribution in [0.15, 0.2) is 73.1 Å². The quantitative estimate of drug-likeness (QED) is 0.618. The summed E-state index contributed by atoms with van der Waals surface area (Å²) in [4.78, 5) is 19.4. The summed E-state index contributed by atoms with van der Waals surface area (Å²) in [5, 5.41) is 2.89. The highest BCUT2D eigenvalue weighted by Gasteiger charge is 2.20. The van der Waals surface area contributed by atoms with Crippen molar-refractivity contribution in [2.45, 2.75) is 25.6 Å². The molecule has 1 aliphatic heterocycles. The summed E-state index contributed by atoms with van der Waals surface area (Å²) in [5.41, 5.74) is 2.10. The number of anilines is 1. The fourth-order valence-corrected chi connectivity index (χ4v) is 3.55. The van der Waals surface area contributed by atoms with Gasteiger partial charge in [-0.3, -0.25) is 9.78 Å². The van der Waals surface area contributed by atoms with Crippen molar-refractivity contribution < 1.29 is 14.3 Å². The third-order valence-corrected chi connectivity index (χ3v) is 5.32. The zero-order chi connectivity index (χ0) is 21.5. The summed E-state index contributed by atoms with van der Waals surface area (Å²) in [7, 11) is 2.12. The van der Waals surface area contributed by atoms with Crippen LogP contribution < -0.4 is 14.8 Å². The molecule has 1 fully saturated rings. The van der Waals surface area contributed by atoms with Gasteiger partial charge in [0.1, 0.15) is 24.2 Å². The van der Waals surface area contributed by atoms with Gasteiger partial charge >= 0.3 is 0 Å². The fraction of sp³-hybridized carbons (Fsp3) is 0.280. The number of pyridine rings is 1. The monoisotopic (exact) mass is 417 g/mol. The van der Waals surface area contributed by atoms with Gasteiger partial charge in [0.15, 0.2) is 0 Å². The average molecular weight is 418 g/mol. The van der Waals surface area contributed by atoms with Crippen molar-refractivity contribution in [3.8, 4) is 11.5 Å². The lowest BCUT2D eigenvalue weighted by Gasteiger charge is -2.29. The van der Waals surface area contributed by atoms with E-state index in [0.717, 1.165) is 31.5 Å². The third kappa shape index (κ3) is 5.83. The van der Waals surface area contributed by atoms with Crippen LogP contribution in [0.2, 0.25) is 0 Å². The molecule has 3 aromatic rings. The lowest BCUT2D eigenvalue weighted by Crippen LogP contribution is -2.35. The van der Waals surface area contributed by atoms with Crippen LogP contribution in [-0.4, -0.2) is 42.0 Å². The van der Waals surface area contributed by atoms with Crippen molar-refractivity contribution in [2.75, 3.05) is 25.5 Å². The first-order valence-corrected chi connectivity index (χ1v) is 10.5. The smallest absolute Gasteiger partial charge is 0.259 e. The Morgan fingerprint density at radius 2 is 1.90 bits per heavy atom. The number of hydrogen-bond acceptors (Lipinski definition) is 5. The Labute approximate surface area is 182 Å². The maximum Gasteiger partial charge on any atom is 0.259 e. The van der Waals surface area contributed by atoms with Gasteiger partial charge in [-0.05, 0) is 55.8 Å². The van der Waals surface area contributed by atoms with Crippen LogP contribution in [0.5, 0.6) is 11.5 Å². The largest absolute Gasteiger partial charge is 0.490 e. The lowest BCUT2D eigenvalue weighted by atomic mass is 10.1. The maximum absolute atomic E-state index is 13.1. The van der Waals surface area contributed by atoms with E-state index in [0.29, 0.717) is 29.4 Å². The molecule has 1 N–H and O–H groups in total. The normalized spacial score (nSPS) is 14.7. The summed E-state index contributed by atoms with van der Waals surface area (Å²) in [6, 6.07) is 18.9. The van der Waals surface area contributed by atoms with Crippen molar-refractivity contribution in [1.82, 2.24) is 9.88 Å². The Bertz CT molecular complexity index is 987. The molecule has 6 heteroatoms. The van der Waals surface area contributed by atoms with Crippen molar-refractivity contribution in [2.24, 2.45) is 0 Å².